The van der Waals surface area contributed by atoms with Gasteiger partial charge < -0.3 is 14.8 Å². The van der Waals surface area contributed by atoms with Crippen LogP contribution in [0.3, 0.4) is 0 Å². The van der Waals surface area contributed by atoms with Crippen molar-refractivity contribution in [2.75, 3.05) is 11.9 Å². The third-order valence-electron chi connectivity index (χ3n) is 3.93. The fourth-order valence-corrected chi connectivity index (χ4v) is 2.71. The topological polar surface area (TPSA) is 74.1 Å². The molecule has 0 radical (unpaired) electrons. The number of halogens is 1. The Morgan fingerprint density at radius 3 is 2.63 bits per heavy atom. The predicted molar refractivity (Wildman–Crippen MR) is 104 cm³/mol. The van der Waals surface area contributed by atoms with Crippen molar-refractivity contribution in [2.45, 2.75) is 33.5 Å². The van der Waals surface area contributed by atoms with Crippen LogP contribution in [0, 0.1) is 0 Å². The Morgan fingerprint density at radius 2 is 1.89 bits per heavy atom. The highest BCUT2D eigenvalue weighted by atomic mass is 35.5. The first-order valence-electron chi connectivity index (χ1n) is 8.83. The molecule has 1 aromatic heterocycles. The van der Waals surface area contributed by atoms with Crippen molar-refractivity contribution < 1.29 is 9.47 Å². The summed E-state index contributed by atoms with van der Waals surface area (Å²) in [7, 11) is 0. The van der Waals surface area contributed by atoms with Gasteiger partial charge in [0.15, 0.2) is 11.5 Å². The van der Waals surface area contributed by atoms with Crippen molar-refractivity contribution >= 4 is 17.5 Å². The van der Waals surface area contributed by atoms with Gasteiger partial charge in [0.2, 0.25) is 5.95 Å². The maximum atomic E-state index is 6.11. The van der Waals surface area contributed by atoms with E-state index in [-0.39, 0.29) is 0 Å². The molecule has 2 aromatic carbocycles. The van der Waals surface area contributed by atoms with E-state index in [9.17, 15) is 0 Å². The largest absolute Gasteiger partial charge is 0.490 e. The molecule has 27 heavy (non-hydrogen) atoms. The summed E-state index contributed by atoms with van der Waals surface area (Å²) in [5.74, 6) is 2.03. The fraction of sp³-hybridized carbons (Fsp3) is 0.316. The average Bonchev–Trinajstić information content (AvgIpc) is 3.14. The number of nitrogens with one attached hydrogen (secondary N) is 1. The van der Waals surface area contributed by atoms with Crippen LogP contribution in [0.25, 0.3) is 0 Å². The number of ether oxygens (including phenoxy) is 2. The highest BCUT2D eigenvalue weighted by Crippen LogP contribution is 2.32. The third-order valence-corrected chi connectivity index (χ3v) is 4.18. The lowest BCUT2D eigenvalue weighted by molar-refractivity contribution is 0.267. The lowest BCUT2D eigenvalue weighted by Gasteiger charge is -2.16. The Bertz CT molecular complexity index is 867. The Labute approximate surface area is 163 Å². The summed E-state index contributed by atoms with van der Waals surface area (Å²) >= 11 is 5.95. The number of nitrogens with zero attached hydrogens (tertiary/aromatic N) is 4. The molecule has 142 valence electrons. The van der Waals surface area contributed by atoms with E-state index in [0.717, 1.165) is 11.1 Å². The van der Waals surface area contributed by atoms with Gasteiger partial charge in [0.05, 0.1) is 6.61 Å². The number of rotatable bonds is 9. The molecule has 8 heteroatoms. The van der Waals surface area contributed by atoms with Gasteiger partial charge in [-0.2, -0.15) is 0 Å². The smallest absolute Gasteiger partial charge is 0.243 e. The molecule has 0 unspecified atom stereocenters. The summed E-state index contributed by atoms with van der Waals surface area (Å²) in [4.78, 5) is 0. The van der Waals surface area contributed by atoms with Gasteiger partial charge in [-0.25, -0.2) is 4.68 Å². The second-order valence-electron chi connectivity index (χ2n) is 5.76. The summed E-state index contributed by atoms with van der Waals surface area (Å²) in [6.07, 6.45) is 0. The van der Waals surface area contributed by atoms with Gasteiger partial charge in [0.1, 0.15) is 6.61 Å². The number of anilines is 1. The normalized spacial score (nSPS) is 10.6. The predicted octanol–water partition coefficient (Wildman–Crippen LogP) is 3.94. The van der Waals surface area contributed by atoms with Gasteiger partial charge in [-0.15, -0.1) is 0 Å². The first-order chi connectivity index (χ1) is 13.2. The molecule has 1 heterocycles. The summed E-state index contributed by atoms with van der Waals surface area (Å²) < 4.78 is 13.5. The van der Waals surface area contributed by atoms with Gasteiger partial charge in [0, 0.05) is 23.7 Å². The zero-order valence-corrected chi connectivity index (χ0v) is 16.1. The van der Waals surface area contributed by atoms with Crippen LogP contribution in [-0.4, -0.2) is 26.8 Å². The number of hydrogen-bond acceptors (Lipinski definition) is 6. The van der Waals surface area contributed by atoms with Crippen LogP contribution in [0.4, 0.5) is 5.95 Å². The Balaban J connectivity index is 1.78. The zero-order valence-electron chi connectivity index (χ0n) is 15.4. The minimum atomic E-state index is 0.418. The molecule has 7 nitrogen and oxygen atoms in total. The Hall–Kier alpha value is -2.80. The molecule has 0 atom stereocenters. The molecule has 0 saturated heterocycles. The second-order valence-corrected chi connectivity index (χ2v) is 6.20. The molecule has 0 bridgehead atoms. The summed E-state index contributed by atoms with van der Waals surface area (Å²) in [5.41, 5.74) is 1.99. The zero-order chi connectivity index (χ0) is 19.1. The molecule has 3 aromatic rings. The quantitative estimate of drug-likeness (QED) is 0.599. The average molecular weight is 388 g/mol. The molecular weight excluding hydrogens is 366 g/mol. The van der Waals surface area contributed by atoms with E-state index in [2.05, 4.69) is 20.8 Å². The van der Waals surface area contributed by atoms with Crippen LogP contribution >= 0.6 is 11.6 Å². The van der Waals surface area contributed by atoms with E-state index in [1.165, 1.54) is 0 Å². The van der Waals surface area contributed by atoms with Crippen molar-refractivity contribution in [3.8, 4) is 11.5 Å². The molecule has 3 rings (SSSR count). The number of tetrazole rings is 1. The van der Waals surface area contributed by atoms with Gasteiger partial charge in [-0.05, 0) is 48.0 Å². The molecule has 0 fully saturated rings. The van der Waals surface area contributed by atoms with Crippen molar-refractivity contribution in [2.24, 2.45) is 0 Å². The summed E-state index contributed by atoms with van der Waals surface area (Å²) in [6.45, 7) is 6.11. The lowest BCUT2D eigenvalue weighted by atomic mass is 10.1. The Kier molecular flexibility index (Phi) is 6.49. The van der Waals surface area contributed by atoms with Crippen molar-refractivity contribution in [1.82, 2.24) is 20.2 Å². The number of para-hydroxylation sites is 1. The molecule has 0 saturated carbocycles. The first kappa shape index (κ1) is 19.0. The van der Waals surface area contributed by atoms with E-state index in [1.807, 2.05) is 56.3 Å². The van der Waals surface area contributed by atoms with Crippen LogP contribution in [0.1, 0.15) is 25.0 Å². The van der Waals surface area contributed by atoms with Crippen molar-refractivity contribution in [1.29, 1.82) is 0 Å². The Morgan fingerprint density at radius 1 is 1.07 bits per heavy atom. The number of hydrogen-bond donors (Lipinski definition) is 1. The van der Waals surface area contributed by atoms with Gasteiger partial charge in [-0.3, -0.25) is 0 Å². The van der Waals surface area contributed by atoms with Gasteiger partial charge in [-0.1, -0.05) is 41.0 Å². The highest BCUT2D eigenvalue weighted by Gasteiger charge is 2.13. The number of aromatic nitrogens is 4. The second kappa shape index (κ2) is 9.23. The number of aryl methyl sites for hydroxylation is 1. The van der Waals surface area contributed by atoms with Crippen molar-refractivity contribution in [3.05, 3.63) is 58.6 Å². The fourth-order valence-electron chi connectivity index (χ4n) is 2.59. The van der Waals surface area contributed by atoms with E-state index in [1.54, 1.807) is 4.68 Å². The van der Waals surface area contributed by atoms with E-state index < -0.39 is 0 Å². The molecule has 0 spiro atoms. The summed E-state index contributed by atoms with van der Waals surface area (Å²) in [5, 5.41) is 15.6. The molecular formula is C19H22ClN5O2. The van der Waals surface area contributed by atoms with Crippen LogP contribution in [0.5, 0.6) is 11.5 Å². The standard InChI is InChI=1S/C19H22ClN5O2/c1-3-25-19(22-23-24-25)21-12-15-6-5-7-17(26-4-2)18(15)27-13-14-8-10-16(20)11-9-14/h5-11H,3-4,12-13H2,1-2H3,(H,21,22,24). The molecule has 0 amide bonds. The first-order valence-corrected chi connectivity index (χ1v) is 9.21. The van der Waals surface area contributed by atoms with Crippen molar-refractivity contribution in [3.63, 3.8) is 0 Å². The monoisotopic (exact) mass is 387 g/mol. The van der Waals surface area contributed by atoms with Crippen LogP contribution in [-0.2, 0) is 19.7 Å². The van der Waals surface area contributed by atoms with E-state index in [0.29, 0.717) is 48.8 Å². The maximum Gasteiger partial charge on any atom is 0.243 e. The molecule has 0 aliphatic rings. The SMILES string of the molecule is CCOc1cccc(CNc2nnnn2CC)c1OCc1ccc(Cl)cc1. The minimum Gasteiger partial charge on any atom is -0.490 e. The number of benzene rings is 2. The molecule has 0 aliphatic carbocycles. The van der Waals surface area contributed by atoms with E-state index in [4.69, 9.17) is 21.1 Å². The lowest BCUT2D eigenvalue weighted by Crippen LogP contribution is -2.10. The maximum absolute atomic E-state index is 6.11. The van der Waals surface area contributed by atoms with Crippen LogP contribution in [0.15, 0.2) is 42.5 Å². The summed E-state index contributed by atoms with van der Waals surface area (Å²) in [6, 6.07) is 13.4. The molecule has 0 aliphatic heterocycles. The third kappa shape index (κ3) is 4.89. The molecule has 1 N–H and O–H groups in total. The van der Waals surface area contributed by atoms with E-state index >= 15 is 0 Å². The van der Waals surface area contributed by atoms with Gasteiger partial charge >= 0.3 is 0 Å². The van der Waals surface area contributed by atoms with Gasteiger partial charge in [0.25, 0.3) is 0 Å². The van der Waals surface area contributed by atoms with Crippen LogP contribution in [0.2, 0.25) is 5.02 Å². The minimum absolute atomic E-state index is 0.418. The van der Waals surface area contributed by atoms with Crippen LogP contribution < -0.4 is 14.8 Å². The highest BCUT2D eigenvalue weighted by molar-refractivity contribution is 6.30.